The molecule has 2 aromatic carbocycles. The van der Waals surface area contributed by atoms with Crippen molar-refractivity contribution in [3.63, 3.8) is 0 Å². The Bertz CT molecular complexity index is 1460. The summed E-state index contributed by atoms with van der Waals surface area (Å²) in [6.45, 7) is -2.93. The SMILES string of the molecule is [2H]c1nc(C(=O)NC([2H])([2H])[2H])c([2H])c(Oc2ccc(NC(=O)Nc3ccc(Cl)c(C(F)(F)F)c3)c(F)c2)c1[2H]. The molecule has 3 amide bonds. The van der Waals surface area contributed by atoms with Gasteiger partial charge in [0.1, 0.15) is 23.0 Å². The largest absolute Gasteiger partial charge is 0.457 e. The first kappa shape index (κ1) is 16.7. The minimum Gasteiger partial charge on any atom is -0.457 e. The van der Waals surface area contributed by atoms with Crippen LogP contribution in [-0.2, 0) is 6.18 Å². The molecule has 0 saturated heterocycles. The molecule has 0 aliphatic carbocycles. The summed E-state index contributed by atoms with van der Waals surface area (Å²) in [6.07, 6.45) is -5.61. The lowest BCUT2D eigenvalue weighted by atomic mass is 10.2. The van der Waals surface area contributed by atoms with E-state index in [9.17, 15) is 27.2 Å². The summed E-state index contributed by atoms with van der Waals surface area (Å²) < 4.78 is 104. The third-order valence-electron chi connectivity index (χ3n) is 3.84. The zero-order valence-electron chi connectivity index (χ0n) is 22.0. The zero-order chi connectivity index (χ0) is 29.3. The molecule has 172 valence electrons. The van der Waals surface area contributed by atoms with E-state index in [-0.39, 0.29) is 11.4 Å². The number of aromatic nitrogens is 1. The van der Waals surface area contributed by atoms with E-state index in [4.69, 9.17) is 24.6 Å². The molecule has 0 aliphatic rings. The summed E-state index contributed by atoms with van der Waals surface area (Å²) in [5.74, 6) is -3.49. The molecule has 0 atom stereocenters. The van der Waals surface area contributed by atoms with E-state index in [1.54, 1.807) is 5.32 Å². The van der Waals surface area contributed by atoms with Crippen LogP contribution in [0.2, 0.25) is 5.02 Å². The Labute approximate surface area is 198 Å². The summed E-state index contributed by atoms with van der Waals surface area (Å²) >= 11 is 5.53. The van der Waals surface area contributed by atoms with Gasteiger partial charge in [-0.1, -0.05) is 11.6 Å². The maximum absolute atomic E-state index is 14.6. The summed E-state index contributed by atoms with van der Waals surface area (Å²) in [4.78, 5) is 27.8. The van der Waals surface area contributed by atoms with Crippen LogP contribution in [0.25, 0.3) is 0 Å². The molecule has 0 fully saturated rings. The van der Waals surface area contributed by atoms with E-state index < -0.39 is 76.9 Å². The van der Waals surface area contributed by atoms with Gasteiger partial charge in [-0.05, 0) is 36.4 Å². The number of carbonyl (C=O) groups excluding carboxylic acids is 2. The first-order valence-corrected chi connectivity index (χ1v) is 9.06. The number of rotatable bonds is 5. The van der Waals surface area contributed by atoms with Crippen molar-refractivity contribution in [3.05, 3.63) is 76.8 Å². The van der Waals surface area contributed by atoms with E-state index in [2.05, 4.69) is 15.6 Å². The van der Waals surface area contributed by atoms with Crippen LogP contribution in [0.4, 0.5) is 33.7 Å². The van der Waals surface area contributed by atoms with Crippen molar-refractivity contribution in [3.8, 4) is 11.5 Å². The molecule has 0 unspecified atom stereocenters. The van der Waals surface area contributed by atoms with Gasteiger partial charge in [0.25, 0.3) is 5.91 Å². The number of anilines is 2. The average Bonchev–Trinajstić information content (AvgIpc) is 2.80. The maximum Gasteiger partial charge on any atom is 0.417 e. The van der Waals surface area contributed by atoms with Crippen LogP contribution in [0.15, 0.2) is 54.7 Å². The molecule has 1 aromatic heterocycles. The molecular weight excluding hydrogens is 468 g/mol. The first-order chi connectivity index (χ1) is 18.0. The first-order valence-electron chi connectivity index (χ1n) is 11.7. The Hall–Kier alpha value is -3.86. The predicted octanol–water partition coefficient (Wildman–Crippen LogP) is 5.69. The highest BCUT2D eigenvalue weighted by Gasteiger charge is 2.33. The lowest BCUT2D eigenvalue weighted by Crippen LogP contribution is -2.20. The smallest absolute Gasteiger partial charge is 0.417 e. The molecule has 1 heterocycles. The van der Waals surface area contributed by atoms with Crippen LogP contribution < -0.4 is 20.7 Å². The van der Waals surface area contributed by atoms with Crippen LogP contribution in [-0.4, -0.2) is 23.9 Å². The van der Waals surface area contributed by atoms with Gasteiger partial charge in [-0.2, -0.15) is 13.2 Å². The van der Waals surface area contributed by atoms with Gasteiger partial charge in [-0.3, -0.25) is 9.78 Å². The molecule has 0 spiro atoms. The molecule has 0 aliphatic heterocycles. The Balaban J connectivity index is 1.79. The topological polar surface area (TPSA) is 92.3 Å². The molecule has 0 radical (unpaired) electrons. The number of urea groups is 1. The fourth-order valence-electron chi connectivity index (χ4n) is 2.40. The Morgan fingerprint density at radius 2 is 1.94 bits per heavy atom. The fraction of sp³-hybridized carbons (Fsp3) is 0.0952. The number of carbonyl (C=O) groups is 2. The Morgan fingerprint density at radius 1 is 1.15 bits per heavy atom. The van der Waals surface area contributed by atoms with Gasteiger partial charge in [-0.15, -0.1) is 0 Å². The van der Waals surface area contributed by atoms with E-state index in [0.717, 1.165) is 24.3 Å². The van der Waals surface area contributed by atoms with Crippen molar-refractivity contribution in [2.75, 3.05) is 17.6 Å². The highest BCUT2D eigenvalue weighted by atomic mass is 35.5. The number of pyridine rings is 1. The van der Waals surface area contributed by atoms with Gasteiger partial charge >= 0.3 is 12.2 Å². The molecule has 7 nitrogen and oxygen atoms in total. The third kappa shape index (κ3) is 6.10. The van der Waals surface area contributed by atoms with Gasteiger partial charge in [0, 0.05) is 35.1 Å². The van der Waals surface area contributed by atoms with Gasteiger partial charge in [-0.25, -0.2) is 9.18 Å². The second-order valence-electron chi connectivity index (χ2n) is 6.12. The minimum atomic E-state index is -4.78. The van der Waals surface area contributed by atoms with Crippen LogP contribution >= 0.6 is 11.6 Å². The lowest BCUT2D eigenvalue weighted by molar-refractivity contribution is -0.137. The summed E-state index contributed by atoms with van der Waals surface area (Å²) in [7, 11) is 0. The molecule has 33 heavy (non-hydrogen) atoms. The minimum absolute atomic E-state index is 0.280. The number of benzene rings is 2. The quantitative estimate of drug-likeness (QED) is 0.402. The second-order valence-corrected chi connectivity index (χ2v) is 6.53. The third-order valence-corrected chi connectivity index (χ3v) is 4.17. The summed E-state index contributed by atoms with van der Waals surface area (Å²) in [5, 5.41) is 5.19. The lowest BCUT2D eigenvalue weighted by Gasteiger charge is -2.13. The number of nitrogens with one attached hydrogen (secondary N) is 3. The van der Waals surface area contributed by atoms with E-state index >= 15 is 0 Å². The van der Waals surface area contributed by atoms with Gasteiger partial charge in [0.15, 0.2) is 0 Å². The Morgan fingerprint density at radius 3 is 2.64 bits per heavy atom. The van der Waals surface area contributed by atoms with Crippen molar-refractivity contribution in [1.29, 1.82) is 0 Å². The Kier molecular flexibility index (Phi) is 4.94. The number of halogens is 5. The zero-order valence-corrected chi connectivity index (χ0v) is 16.8. The van der Waals surface area contributed by atoms with Crippen molar-refractivity contribution in [2.24, 2.45) is 0 Å². The summed E-state index contributed by atoms with van der Waals surface area (Å²) in [5.41, 5.74) is -2.73. The number of ether oxygens (including phenoxy) is 1. The van der Waals surface area contributed by atoms with E-state index in [1.165, 1.54) is 0 Å². The molecule has 12 heteroatoms. The molecule has 3 N–H and O–H groups in total. The number of nitrogens with zero attached hydrogens (tertiary/aromatic N) is 1. The normalized spacial score (nSPS) is 14.0. The average molecular weight is 489 g/mol. The molecular formula is C21H15ClF4N4O3. The standard InChI is InChI=1S/C21H15ClF4N4O3/c1-27-19(31)18-10-13(6-7-28-18)33-12-3-5-17(16(23)9-12)30-20(32)29-11-2-4-15(22)14(8-11)21(24,25)26/h2-10H,1H3,(H,27,31)(H2,29,30,32)/i1D3,6D,7D,10D. The number of alkyl halides is 3. The molecule has 3 aromatic rings. The molecule has 0 saturated carbocycles. The highest BCUT2D eigenvalue weighted by molar-refractivity contribution is 6.31. The van der Waals surface area contributed by atoms with Gasteiger partial charge < -0.3 is 20.7 Å². The van der Waals surface area contributed by atoms with Crippen LogP contribution in [0.1, 0.15) is 24.3 Å². The maximum atomic E-state index is 14.6. The monoisotopic (exact) mass is 488 g/mol. The highest BCUT2D eigenvalue weighted by Crippen LogP contribution is 2.36. The number of amides is 3. The molecule has 3 rings (SSSR count). The van der Waals surface area contributed by atoms with Crippen molar-refractivity contribution < 1.29 is 40.1 Å². The van der Waals surface area contributed by atoms with Crippen molar-refractivity contribution in [2.45, 2.75) is 6.18 Å². The van der Waals surface area contributed by atoms with E-state index in [1.807, 2.05) is 0 Å². The summed E-state index contributed by atoms with van der Waals surface area (Å²) in [6, 6.07) is 2.70. The molecule has 0 bridgehead atoms. The number of hydrogen-bond acceptors (Lipinski definition) is 4. The van der Waals surface area contributed by atoms with Crippen LogP contribution in [0, 0.1) is 5.82 Å². The van der Waals surface area contributed by atoms with Gasteiger partial charge in [0.05, 0.1) is 20.4 Å². The van der Waals surface area contributed by atoms with Crippen molar-refractivity contribution >= 4 is 34.9 Å². The predicted molar refractivity (Wildman–Crippen MR) is 113 cm³/mol. The van der Waals surface area contributed by atoms with Crippen LogP contribution in [0.5, 0.6) is 11.5 Å². The fourth-order valence-corrected chi connectivity index (χ4v) is 2.63. The van der Waals surface area contributed by atoms with Crippen LogP contribution in [0.3, 0.4) is 0 Å². The van der Waals surface area contributed by atoms with Gasteiger partial charge in [0.2, 0.25) is 0 Å². The van der Waals surface area contributed by atoms with E-state index in [0.29, 0.717) is 12.1 Å². The number of hydrogen-bond donors (Lipinski definition) is 3. The van der Waals surface area contributed by atoms with Crippen molar-refractivity contribution in [1.82, 2.24) is 10.3 Å². The second kappa shape index (κ2) is 9.74.